The molecular weight excluding hydrogens is 268 g/mol. The summed E-state index contributed by atoms with van der Waals surface area (Å²) in [7, 11) is 0. The highest BCUT2D eigenvalue weighted by Gasteiger charge is 2.06. The van der Waals surface area contributed by atoms with E-state index in [9.17, 15) is 0 Å². The van der Waals surface area contributed by atoms with E-state index >= 15 is 0 Å². The summed E-state index contributed by atoms with van der Waals surface area (Å²) in [5.74, 6) is 1.56. The van der Waals surface area contributed by atoms with E-state index in [1.807, 2.05) is 0 Å². The lowest BCUT2D eigenvalue weighted by molar-refractivity contribution is 0.527. The second kappa shape index (κ2) is 9.76. The molecule has 1 aromatic carbocycles. The molecule has 1 rings (SSSR count). The van der Waals surface area contributed by atoms with Gasteiger partial charge in [0, 0.05) is 23.5 Å². The molecule has 0 aliphatic carbocycles. The molecule has 0 radical (unpaired) electrons. The van der Waals surface area contributed by atoms with Crippen molar-refractivity contribution in [3.8, 4) is 0 Å². The molecule has 126 valence electrons. The van der Waals surface area contributed by atoms with Gasteiger partial charge in [0.05, 0.1) is 0 Å². The Hall–Kier alpha value is -1.18. The fourth-order valence-corrected chi connectivity index (χ4v) is 2.54. The first-order chi connectivity index (χ1) is 10.4. The van der Waals surface area contributed by atoms with Gasteiger partial charge in [-0.15, -0.1) is 0 Å². The van der Waals surface area contributed by atoms with Gasteiger partial charge in [0.25, 0.3) is 0 Å². The Morgan fingerprint density at radius 1 is 0.591 bits per heavy atom. The van der Waals surface area contributed by atoms with Gasteiger partial charge in [0.1, 0.15) is 0 Å². The highest BCUT2D eigenvalue weighted by molar-refractivity contribution is 5.54. The minimum Gasteiger partial charge on any atom is -0.383 e. The van der Waals surface area contributed by atoms with Gasteiger partial charge >= 0.3 is 0 Å². The minimum atomic E-state index is 0.533. The Morgan fingerprint density at radius 2 is 0.909 bits per heavy atom. The fourth-order valence-electron chi connectivity index (χ4n) is 2.54. The van der Waals surface area contributed by atoms with E-state index in [0.717, 1.165) is 11.8 Å². The lowest BCUT2D eigenvalue weighted by Crippen LogP contribution is -2.17. The first-order valence-electron chi connectivity index (χ1n) is 9.00. The number of hydrogen-bond acceptors (Lipinski definition) is 2. The molecule has 0 saturated heterocycles. The van der Waals surface area contributed by atoms with E-state index in [0.29, 0.717) is 12.1 Å². The van der Waals surface area contributed by atoms with Crippen LogP contribution in [0.2, 0.25) is 0 Å². The summed E-state index contributed by atoms with van der Waals surface area (Å²) < 4.78 is 0. The summed E-state index contributed by atoms with van der Waals surface area (Å²) >= 11 is 0. The summed E-state index contributed by atoms with van der Waals surface area (Å²) in [4.78, 5) is 0. The van der Waals surface area contributed by atoms with E-state index in [4.69, 9.17) is 0 Å². The SMILES string of the molecule is CC(C)CC[C@@H](C)Nc1ccc(N[C@@H](C)CCC(C)C)cc1. The minimum absolute atomic E-state index is 0.533. The maximum absolute atomic E-state index is 3.59. The molecule has 0 heterocycles. The Kier molecular flexibility index (Phi) is 8.37. The quantitative estimate of drug-likeness (QED) is 0.541. The van der Waals surface area contributed by atoms with Crippen LogP contribution in [0.4, 0.5) is 11.4 Å². The van der Waals surface area contributed by atoms with Crippen molar-refractivity contribution in [2.24, 2.45) is 11.8 Å². The molecular formula is C20H36N2. The van der Waals surface area contributed by atoms with Crippen molar-refractivity contribution < 1.29 is 0 Å². The predicted molar refractivity (Wildman–Crippen MR) is 101 cm³/mol. The molecule has 2 heteroatoms. The largest absolute Gasteiger partial charge is 0.383 e. The van der Waals surface area contributed by atoms with Gasteiger partial charge in [-0.25, -0.2) is 0 Å². The van der Waals surface area contributed by atoms with Gasteiger partial charge in [-0.1, -0.05) is 27.7 Å². The van der Waals surface area contributed by atoms with Crippen LogP contribution in [0.5, 0.6) is 0 Å². The summed E-state index contributed by atoms with van der Waals surface area (Å²) in [5, 5.41) is 7.18. The topological polar surface area (TPSA) is 24.1 Å². The number of hydrogen-bond donors (Lipinski definition) is 2. The zero-order valence-electron chi connectivity index (χ0n) is 15.4. The third-order valence-electron chi connectivity index (χ3n) is 4.07. The smallest absolute Gasteiger partial charge is 0.0343 e. The maximum atomic E-state index is 3.59. The van der Waals surface area contributed by atoms with Crippen molar-refractivity contribution in [3.05, 3.63) is 24.3 Å². The highest BCUT2D eigenvalue weighted by Crippen LogP contribution is 2.18. The van der Waals surface area contributed by atoms with Crippen LogP contribution in [0.3, 0.4) is 0 Å². The van der Waals surface area contributed by atoms with Crippen LogP contribution >= 0.6 is 0 Å². The molecule has 0 amide bonds. The van der Waals surface area contributed by atoms with Crippen molar-refractivity contribution in [1.82, 2.24) is 0 Å². The number of anilines is 2. The molecule has 22 heavy (non-hydrogen) atoms. The average molecular weight is 305 g/mol. The zero-order chi connectivity index (χ0) is 16.5. The molecule has 0 saturated carbocycles. The van der Waals surface area contributed by atoms with Crippen LogP contribution in [0.15, 0.2) is 24.3 Å². The maximum Gasteiger partial charge on any atom is 0.0343 e. The Labute approximate surface area is 138 Å². The monoisotopic (exact) mass is 304 g/mol. The molecule has 0 spiro atoms. The zero-order valence-corrected chi connectivity index (χ0v) is 15.4. The van der Waals surface area contributed by atoms with Crippen LogP contribution in [-0.4, -0.2) is 12.1 Å². The van der Waals surface area contributed by atoms with E-state index in [1.54, 1.807) is 0 Å². The highest BCUT2D eigenvalue weighted by atomic mass is 14.9. The summed E-state index contributed by atoms with van der Waals surface area (Å²) in [5.41, 5.74) is 2.44. The molecule has 0 fully saturated rings. The van der Waals surface area contributed by atoms with Crippen LogP contribution in [0, 0.1) is 11.8 Å². The van der Waals surface area contributed by atoms with Gasteiger partial charge in [-0.3, -0.25) is 0 Å². The molecule has 2 atom stereocenters. The molecule has 2 N–H and O–H groups in total. The Morgan fingerprint density at radius 3 is 1.18 bits per heavy atom. The van der Waals surface area contributed by atoms with Gasteiger partial charge < -0.3 is 10.6 Å². The molecule has 0 aromatic heterocycles. The van der Waals surface area contributed by atoms with E-state index in [-0.39, 0.29) is 0 Å². The van der Waals surface area contributed by atoms with Gasteiger partial charge in [0.2, 0.25) is 0 Å². The Bertz CT molecular complexity index is 356. The Balaban J connectivity index is 2.39. The summed E-state index contributed by atoms with van der Waals surface area (Å²) in [6.07, 6.45) is 5.01. The predicted octanol–water partition coefficient (Wildman–Crippen LogP) is 6.16. The molecule has 1 aromatic rings. The standard InChI is InChI=1S/C20H36N2/c1-15(2)7-9-17(5)21-19-11-13-20(14-12-19)22-18(6)10-8-16(3)4/h11-18,21-22H,7-10H2,1-6H3/t17-,18+. The van der Waals surface area contributed by atoms with Crippen LogP contribution in [-0.2, 0) is 0 Å². The fraction of sp³-hybridized carbons (Fsp3) is 0.700. The number of nitrogens with one attached hydrogen (secondary N) is 2. The molecule has 0 aliphatic rings. The molecule has 0 unspecified atom stereocenters. The van der Waals surface area contributed by atoms with Crippen LogP contribution in [0.1, 0.15) is 67.2 Å². The van der Waals surface area contributed by atoms with Gasteiger partial charge in [0.15, 0.2) is 0 Å². The van der Waals surface area contributed by atoms with Crippen molar-refractivity contribution in [3.63, 3.8) is 0 Å². The van der Waals surface area contributed by atoms with E-state index in [2.05, 4.69) is 76.4 Å². The van der Waals surface area contributed by atoms with Crippen molar-refractivity contribution in [2.45, 2.75) is 79.3 Å². The first-order valence-corrected chi connectivity index (χ1v) is 9.00. The lowest BCUT2D eigenvalue weighted by Gasteiger charge is -2.18. The van der Waals surface area contributed by atoms with Crippen LogP contribution in [0.25, 0.3) is 0 Å². The molecule has 2 nitrogen and oxygen atoms in total. The second-order valence-electron chi connectivity index (χ2n) is 7.61. The van der Waals surface area contributed by atoms with Gasteiger partial charge in [-0.05, 0) is 75.6 Å². The third kappa shape index (κ3) is 8.31. The number of rotatable bonds is 10. The molecule has 0 bridgehead atoms. The summed E-state index contributed by atoms with van der Waals surface area (Å²) in [6, 6.07) is 9.80. The van der Waals surface area contributed by atoms with Crippen molar-refractivity contribution in [2.75, 3.05) is 10.6 Å². The first kappa shape index (κ1) is 18.9. The van der Waals surface area contributed by atoms with E-state index in [1.165, 1.54) is 37.1 Å². The normalized spacial score (nSPS) is 14.2. The third-order valence-corrected chi connectivity index (χ3v) is 4.07. The van der Waals surface area contributed by atoms with Crippen LogP contribution < -0.4 is 10.6 Å². The van der Waals surface area contributed by atoms with E-state index < -0.39 is 0 Å². The second-order valence-corrected chi connectivity index (χ2v) is 7.61. The van der Waals surface area contributed by atoms with Crippen molar-refractivity contribution >= 4 is 11.4 Å². The van der Waals surface area contributed by atoms with Crippen molar-refractivity contribution in [1.29, 1.82) is 0 Å². The van der Waals surface area contributed by atoms with Gasteiger partial charge in [-0.2, -0.15) is 0 Å². The summed E-state index contributed by atoms with van der Waals surface area (Å²) in [6.45, 7) is 13.7. The number of benzene rings is 1. The molecule has 0 aliphatic heterocycles. The average Bonchev–Trinajstić information content (AvgIpc) is 2.45. The lowest BCUT2D eigenvalue weighted by atomic mass is 10.0.